The van der Waals surface area contributed by atoms with E-state index in [0.29, 0.717) is 6.04 Å². The molecule has 88 valence electrons. The zero-order valence-corrected chi connectivity index (χ0v) is 11.7. The molecule has 1 unspecified atom stereocenters. The lowest BCUT2D eigenvalue weighted by molar-refractivity contribution is 0.519. The van der Waals surface area contributed by atoms with Gasteiger partial charge >= 0.3 is 0 Å². The molecule has 1 atom stereocenters. The van der Waals surface area contributed by atoms with Gasteiger partial charge in [0.15, 0.2) is 0 Å². The number of hydrogen-bond acceptors (Lipinski definition) is 1. The van der Waals surface area contributed by atoms with Gasteiger partial charge in [-0.25, -0.2) is 0 Å². The molecule has 1 aromatic rings. The van der Waals surface area contributed by atoms with Gasteiger partial charge in [0, 0.05) is 10.5 Å². The minimum Gasteiger partial charge on any atom is -0.314 e. The van der Waals surface area contributed by atoms with E-state index in [4.69, 9.17) is 0 Å². The average Bonchev–Trinajstić information content (AvgIpc) is 2.21. The van der Waals surface area contributed by atoms with E-state index in [1.54, 1.807) is 0 Å². The Bertz CT molecular complexity index is 346. The first-order valence-electron chi connectivity index (χ1n) is 5.74. The third-order valence-electron chi connectivity index (χ3n) is 2.51. The zero-order chi connectivity index (χ0) is 12.0. The fourth-order valence-electron chi connectivity index (χ4n) is 1.86. The highest BCUT2D eigenvalue weighted by Gasteiger charge is 2.10. The Morgan fingerprint density at radius 3 is 2.69 bits per heavy atom. The van der Waals surface area contributed by atoms with Crippen molar-refractivity contribution in [3.8, 4) is 0 Å². The van der Waals surface area contributed by atoms with Crippen LogP contribution in [0.3, 0.4) is 0 Å². The monoisotopic (exact) mass is 281 g/mol. The van der Waals surface area contributed by atoms with Gasteiger partial charge in [-0.1, -0.05) is 46.6 Å². The number of hydrogen-bond donors (Lipinski definition) is 1. The normalized spacial score (nSPS) is 12.4. The molecular weight excluding hydrogens is 262 g/mol. The first kappa shape index (κ1) is 13.5. The minimum absolute atomic E-state index is 0.487. The van der Waals surface area contributed by atoms with Crippen LogP contribution in [0, 0.1) is 0 Å². The summed E-state index contributed by atoms with van der Waals surface area (Å²) >= 11 is 3.59. The van der Waals surface area contributed by atoms with Crippen molar-refractivity contribution in [3.05, 3.63) is 46.5 Å². The Balaban J connectivity index is 2.67. The highest BCUT2D eigenvalue weighted by atomic mass is 79.9. The lowest BCUT2D eigenvalue weighted by Crippen LogP contribution is -2.31. The quantitative estimate of drug-likeness (QED) is 0.779. The summed E-state index contributed by atoms with van der Waals surface area (Å²) in [5.41, 5.74) is 2.59. The maximum Gasteiger partial charge on any atom is 0.0207 e. The second-order valence-corrected chi connectivity index (χ2v) is 5.07. The molecule has 0 radical (unpaired) electrons. The number of benzene rings is 1. The van der Waals surface area contributed by atoms with Crippen LogP contribution < -0.4 is 5.32 Å². The average molecular weight is 282 g/mol. The second kappa shape index (κ2) is 6.87. The summed E-state index contributed by atoms with van der Waals surface area (Å²) in [5, 5.41) is 3.51. The van der Waals surface area contributed by atoms with E-state index < -0.39 is 0 Å². The molecular formula is C14H20BrN. The molecule has 1 rings (SSSR count). The topological polar surface area (TPSA) is 12.0 Å². The largest absolute Gasteiger partial charge is 0.314 e. The van der Waals surface area contributed by atoms with Crippen LogP contribution in [0.1, 0.15) is 25.8 Å². The summed E-state index contributed by atoms with van der Waals surface area (Å²) in [6, 6.07) is 8.89. The van der Waals surface area contributed by atoms with Gasteiger partial charge < -0.3 is 5.32 Å². The summed E-state index contributed by atoms with van der Waals surface area (Å²) < 4.78 is 1.19. The fraction of sp³-hybridized carbons (Fsp3) is 0.429. The summed E-state index contributed by atoms with van der Waals surface area (Å²) in [7, 11) is 0. The Morgan fingerprint density at radius 2 is 2.12 bits per heavy atom. The van der Waals surface area contributed by atoms with Crippen molar-refractivity contribution < 1.29 is 0 Å². The van der Waals surface area contributed by atoms with Crippen LogP contribution in [0.5, 0.6) is 0 Å². The van der Waals surface area contributed by atoms with Crippen LogP contribution in [0.4, 0.5) is 0 Å². The molecule has 0 aliphatic rings. The standard InChI is InChI=1S/C14H20BrN/c1-4-16-13(9-11(2)3)10-12-7-5-6-8-14(12)15/h5-8,13,16H,2,4,9-10H2,1,3H3. The van der Waals surface area contributed by atoms with Gasteiger partial charge in [0.25, 0.3) is 0 Å². The summed E-state index contributed by atoms with van der Waals surface area (Å²) in [6.45, 7) is 9.22. The van der Waals surface area contributed by atoms with Gasteiger partial charge in [-0.2, -0.15) is 0 Å². The summed E-state index contributed by atoms with van der Waals surface area (Å²) in [6.07, 6.45) is 2.08. The molecule has 0 aliphatic heterocycles. The smallest absolute Gasteiger partial charge is 0.0207 e. The number of rotatable bonds is 6. The van der Waals surface area contributed by atoms with E-state index in [2.05, 4.69) is 65.9 Å². The molecule has 0 fully saturated rings. The first-order chi connectivity index (χ1) is 7.63. The molecule has 0 spiro atoms. The molecule has 16 heavy (non-hydrogen) atoms. The maximum absolute atomic E-state index is 3.99. The Hall–Kier alpha value is -0.600. The van der Waals surface area contributed by atoms with Gasteiger partial charge in [-0.15, -0.1) is 6.58 Å². The van der Waals surface area contributed by atoms with Crippen LogP contribution in [0.25, 0.3) is 0 Å². The molecule has 0 saturated carbocycles. The van der Waals surface area contributed by atoms with E-state index >= 15 is 0 Å². The number of likely N-dealkylation sites (N-methyl/N-ethyl adjacent to an activating group) is 1. The molecule has 0 saturated heterocycles. The van der Waals surface area contributed by atoms with Crippen LogP contribution in [-0.2, 0) is 6.42 Å². The van der Waals surface area contributed by atoms with Crippen molar-refractivity contribution in [2.45, 2.75) is 32.7 Å². The van der Waals surface area contributed by atoms with Crippen molar-refractivity contribution in [1.29, 1.82) is 0 Å². The van der Waals surface area contributed by atoms with E-state index in [-0.39, 0.29) is 0 Å². The van der Waals surface area contributed by atoms with Crippen LogP contribution in [0.2, 0.25) is 0 Å². The van der Waals surface area contributed by atoms with Crippen molar-refractivity contribution in [2.75, 3.05) is 6.54 Å². The van der Waals surface area contributed by atoms with E-state index in [0.717, 1.165) is 19.4 Å². The van der Waals surface area contributed by atoms with Crippen LogP contribution in [0.15, 0.2) is 40.9 Å². The highest BCUT2D eigenvalue weighted by molar-refractivity contribution is 9.10. The molecule has 0 aromatic heterocycles. The molecule has 0 aliphatic carbocycles. The predicted octanol–water partition coefficient (Wildman–Crippen LogP) is 3.94. The molecule has 0 bridgehead atoms. The van der Waals surface area contributed by atoms with Crippen LogP contribution >= 0.6 is 15.9 Å². The van der Waals surface area contributed by atoms with Crippen molar-refractivity contribution in [3.63, 3.8) is 0 Å². The summed E-state index contributed by atoms with van der Waals surface area (Å²) in [5.74, 6) is 0. The second-order valence-electron chi connectivity index (χ2n) is 4.21. The van der Waals surface area contributed by atoms with Gasteiger partial charge in [-0.3, -0.25) is 0 Å². The molecule has 1 N–H and O–H groups in total. The maximum atomic E-state index is 3.99. The Labute approximate surface area is 107 Å². The molecule has 1 nitrogen and oxygen atoms in total. The fourth-order valence-corrected chi connectivity index (χ4v) is 2.30. The lowest BCUT2D eigenvalue weighted by Gasteiger charge is -2.18. The third-order valence-corrected chi connectivity index (χ3v) is 3.29. The third kappa shape index (κ3) is 4.50. The van der Waals surface area contributed by atoms with E-state index in [1.807, 2.05) is 0 Å². The van der Waals surface area contributed by atoms with Gasteiger partial charge in [0.05, 0.1) is 0 Å². The molecule has 0 amide bonds. The number of nitrogens with one attached hydrogen (secondary N) is 1. The molecule has 2 heteroatoms. The zero-order valence-electron chi connectivity index (χ0n) is 10.1. The Morgan fingerprint density at radius 1 is 1.44 bits per heavy atom. The van der Waals surface area contributed by atoms with E-state index in [9.17, 15) is 0 Å². The lowest BCUT2D eigenvalue weighted by atomic mass is 10.0. The van der Waals surface area contributed by atoms with Gasteiger partial charge in [0.1, 0.15) is 0 Å². The van der Waals surface area contributed by atoms with Gasteiger partial charge in [0.2, 0.25) is 0 Å². The SMILES string of the molecule is C=C(C)CC(Cc1ccccc1Br)NCC. The Kier molecular flexibility index (Phi) is 5.78. The number of halogens is 1. The predicted molar refractivity (Wildman–Crippen MR) is 74.7 cm³/mol. The first-order valence-corrected chi connectivity index (χ1v) is 6.54. The highest BCUT2D eigenvalue weighted by Crippen LogP contribution is 2.19. The van der Waals surface area contributed by atoms with E-state index in [1.165, 1.54) is 15.6 Å². The van der Waals surface area contributed by atoms with Crippen LogP contribution in [-0.4, -0.2) is 12.6 Å². The summed E-state index contributed by atoms with van der Waals surface area (Å²) in [4.78, 5) is 0. The molecule has 1 aromatic carbocycles. The van der Waals surface area contributed by atoms with Gasteiger partial charge in [-0.05, 0) is 37.9 Å². The van der Waals surface area contributed by atoms with Crippen molar-refractivity contribution >= 4 is 15.9 Å². The van der Waals surface area contributed by atoms with Crippen molar-refractivity contribution in [2.24, 2.45) is 0 Å². The minimum atomic E-state index is 0.487. The van der Waals surface area contributed by atoms with Crippen molar-refractivity contribution in [1.82, 2.24) is 5.32 Å². The molecule has 0 heterocycles.